The van der Waals surface area contributed by atoms with Gasteiger partial charge in [-0.3, -0.25) is 0 Å². The molecule has 1 fully saturated rings. The van der Waals surface area contributed by atoms with E-state index in [0.717, 1.165) is 11.3 Å². The van der Waals surface area contributed by atoms with Gasteiger partial charge in [-0.15, -0.1) is 0 Å². The highest BCUT2D eigenvalue weighted by molar-refractivity contribution is 7.89. The number of sulfonamides is 1. The Morgan fingerprint density at radius 3 is 2.33 bits per heavy atom. The Balaban J connectivity index is 1.49. The van der Waals surface area contributed by atoms with Gasteiger partial charge in [0.05, 0.1) is 18.1 Å². The van der Waals surface area contributed by atoms with E-state index in [0.29, 0.717) is 39.3 Å². The highest BCUT2D eigenvalue weighted by Crippen LogP contribution is 2.17. The highest BCUT2D eigenvalue weighted by atomic mass is 32.2. The Kier molecular flexibility index (Phi) is 6.44. The third kappa shape index (κ3) is 5.29. The standard InChI is InChI=1S/C19H23N3O4S/c23-19(21-17-4-2-1-3-5-17)20-11-10-16-6-8-18(9-7-16)27(24,25)22-12-14-26-15-13-22/h1-9H,10-15H2,(H2,20,21,23). The number of anilines is 1. The molecule has 0 saturated carbocycles. The number of hydrogen-bond acceptors (Lipinski definition) is 4. The number of carbonyl (C=O) groups excluding carboxylic acids is 1. The predicted molar refractivity (Wildman–Crippen MR) is 103 cm³/mol. The molecule has 1 saturated heterocycles. The molecule has 27 heavy (non-hydrogen) atoms. The van der Waals surface area contributed by atoms with Gasteiger partial charge in [0.1, 0.15) is 0 Å². The fraction of sp³-hybridized carbons (Fsp3) is 0.316. The molecule has 0 radical (unpaired) electrons. The van der Waals surface area contributed by atoms with Crippen LogP contribution in [0.5, 0.6) is 0 Å². The lowest BCUT2D eigenvalue weighted by molar-refractivity contribution is 0.0730. The van der Waals surface area contributed by atoms with E-state index in [9.17, 15) is 13.2 Å². The van der Waals surface area contributed by atoms with Crippen molar-refractivity contribution in [2.45, 2.75) is 11.3 Å². The summed E-state index contributed by atoms with van der Waals surface area (Å²) < 4.78 is 31.8. The number of nitrogens with zero attached hydrogens (tertiary/aromatic N) is 1. The maximum atomic E-state index is 12.6. The van der Waals surface area contributed by atoms with Crippen molar-refractivity contribution in [3.05, 3.63) is 60.2 Å². The summed E-state index contributed by atoms with van der Waals surface area (Å²) in [5, 5.41) is 5.53. The van der Waals surface area contributed by atoms with Gasteiger partial charge in [-0.25, -0.2) is 13.2 Å². The van der Waals surface area contributed by atoms with Crippen LogP contribution in [0.15, 0.2) is 59.5 Å². The molecule has 2 aromatic carbocycles. The number of benzene rings is 2. The summed E-state index contributed by atoms with van der Waals surface area (Å²) in [7, 11) is -3.47. The van der Waals surface area contributed by atoms with Crippen molar-refractivity contribution in [3.63, 3.8) is 0 Å². The number of morpholine rings is 1. The molecule has 2 aromatic rings. The molecule has 3 rings (SSSR count). The zero-order valence-corrected chi connectivity index (χ0v) is 15.7. The lowest BCUT2D eigenvalue weighted by Crippen LogP contribution is -2.40. The highest BCUT2D eigenvalue weighted by Gasteiger charge is 2.25. The third-order valence-corrected chi connectivity index (χ3v) is 6.17. The van der Waals surface area contributed by atoms with Gasteiger partial charge in [0, 0.05) is 25.3 Å². The molecule has 2 amide bonds. The van der Waals surface area contributed by atoms with E-state index in [2.05, 4.69) is 10.6 Å². The molecule has 0 atom stereocenters. The first-order chi connectivity index (χ1) is 13.1. The number of urea groups is 1. The van der Waals surface area contributed by atoms with Gasteiger partial charge in [0.25, 0.3) is 0 Å². The van der Waals surface area contributed by atoms with E-state index in [1.54, 1.807) is 24.3 Å². The lowest BCUT2D eigenvalue weighted by Gasteiger charge is -2.26. The van der Waals surface area contributed by atoms with Crippen LogP contribution in [0.1, 0.15) is 5.56 Å². The fourth-order valence-electron chi connectivity index (χ4n) is 2.78. The molecule has 1 heterocycles. The van der Waals surface area contributed by atoms with Crippen molar-refractivity contribution < 1.29 is 17.9 Å². The van der Waals surface area contributed by atoms with Crippen molar-refractivity contribution in [1.82, 2.24) is 9.62 Å². The molecule has 2 N–H and O–H groups in total. The molecular formula is C19H23N3O4S. The van der Waals surface area contributed by atoms with Crippen LogP contribution >= 0.6 is 0 Å². The summed E-state index contributed by atoms with van der Waals surface area (Å²) >= 11 is 0. The number of amides is 2. The first-order valence-electron chi connectivity index (χ1n) is 8.82. The number of nitrogens with one attached hydrogen (secondary N) is 2. The molecule has 0 unspecified atom stereocenters. The molecule has 144 valence electrons. The number of para-hydroxylation sites is 1. The Hall–Kier alpha value is -2.42. The number of ether oxygens (including phenoxy) is 1. The maximum Gasteiger partial charge on any atom is 0.319 e. The van der Waals surface area contributed by atoms with E-state index in [-0.39, 0.29) is 10.9 Å². The van der Waals surface area contributed by atoms with Gasteiger partial charge in [-0.2, -0.15) is 4.31 Å². The summed E-state index contributed by atoms with van der Waals surface area (Å²) in [5.74, 6) is 0. The van der Waals surface area contributed by atoms with Gasteiger partial charge in [-0.1, -0.05) is 30.3 Å². The Morgan fingerprint density at radius 1 is 1.00 bits per heavy atom. The Bertz CT molecular complexity index is 848. The molecule has 0 bridgehead atoms. The van der Waals surface area contributed by atoms with E-state index >= 15 is 0 Å². The van der Waals surface area contributed by atoms with Crippen LogP contribution in [0, 0.1) is 0 Å². The summed E-state index contributed by atoms with van der Waals surface area (Å²) in [6, 6.07) is 15.7. The van der Waals surface area contributed by atoms with E-state index in [1.807, 2.05) is 30.3 Å². The monoisotopic (exact) mass is 389 g/mol. The minimum atomic E-state index is -3.47. The molecule has 7 nitrogen and oxygen atoms in total. The first kappa shape index (κ1) is 19.3. The van der Waals surface area contributed by atoms with E-state index in [1.165, 1.54) is 4.31 Å². The number of rotatable bonds is 6. The average Bonchev–Trinajstić information content (AvgIpc) is 2.70. The van der Waals surface area contributed by atoms with Gasteiger partial charge in [0.2, 0.25) is 10.0 Å². The second kappa shape index (κ2) is 8.98. The first-order valence-corrected chi connectivity index (χ1v) is 10.3. The van der Waals surface area contributed by atoms with Crippen molar-refractivity contribution >= 4 is 21.7 Å². The van der Waals surface area contributed by atoms with Crippen LogP contribution in [0.25, 0.3) is 0 Å². The van der Waals surface area contributed by atoms with Crippen molar-refractivity contribution in [2.24, 2.45) is 0 Å². The third-order valence-electron chi connectivity index (χ3n) is 4.26. The molecule has 1 aliphatic heterocycles. The van der Waals surface area contributed by atoms with Crippen LogP contribution in [0.4, 0.5) is 10.5 Å². The summed E-state index contributed by atoms with van der Waals surface area (Å²) in [4.78, 5) is 12.1. The molecule has 0 aliphatic carbocycles. The summed E-state index contributed by atoms with van der Waals surface area (Å²) in [6.45, 7) is 2.06. The van der Waals surface area contributed by atoms with Crippen molar-refractivity contribution in [2.75, 3.05) is 38.2 Å². The normalized spacial score (nSPS) is 15.3. The SMILES string of the molecule is O=C(NCCc1ccc(S(=O)(=O)N2CCOCC2)cc1)Nc1ccccc1. The van der Waals surface area contributed by atoms with Crippen molar-refractivity contribution in [3.8, 4) is 0 Å². The van der Waals surface area contributed by atoms with E-state index in [4.69, 9.17) is 4.74 Å². The molecule has 8 heteroatoms. The summed E-state index contributed by atoms with van der Waals surface area (Å²) in [6.07, 6.45) is 0.611. The van der Waals surface area contributed by atoms with Crippen LogP contribution in [-0.4, -0.2) is 51.6 Å². The maximum absolute atomic E-state index is 12.6. The second-order valence-corrected chi connectivity index (χ2v) is 8.10. The largest absolute Gasteiger partial charge is 0.379 e. The molecule has 0 aromatic heterocycles. The van der Waals surface area contributed by atoms with Crippen molar-refractivity contribution in [1.29, 1.82) is 0 Å². The zero-order chi connectivity index (χ0) is 19.1. The second-order valence-electron chi connectivity index (χ2n) is 6.16. The fourth-order valence-corrected chi connectivity index (χ4v) is 4.19. The smallest absolute Gasteiger partial charge is 0.319 e. The quantitative estimate of drug-likeness (QED) is 0.792. The van der Waals surface area contributed by atoms with Gasteiger partial charge < -0.3 is 15.4 Å². The van der Waals surface area contributed by atoms with Crippen LogP contribution in [0.3, 0.4) is 0 Å². The number of hydrogen-bond donors (Lipinski definition) is 2. The van der Waals surface area contributed by atoms with Gasteiger partial charge >= 0.3 is 6.03 Å². The van der Waals surface area contributed by atoms with Gasteiger partial charge in [-0.05, 0) is 36.2 Å². The lowest BCUT2D eigenvalue weighted by atomic mass is 10.1. The Morgan fingerprint density at radius 2 is 1.67 bits per heavy atom. The van der Waals surface area contributed by atoms with Gasteiger partial charge in [0.15, 0.2) is 0 Å². The van der Waals surface area contributed by atoms with Crippen LogP contribution < -0.4 is 10.6 Å². The summed E-state index contributed by atoms with van der Waals surface area (Å²) in [5.41, 5.74) is 1.68. The number of carbonyl (C=O) groups is 1. The minimum absolute atomic E-state index is 0.271. The van der Waals surface area contributed by atoms with Crippen LogP contribution in [-0.2, 0) is 21.2 Å². The Labute approximate surface area is 159 Å². The predicted octanol–water partition coefficient (Wildman–Crippen LogP) is 2.07. The topological polar surface area (TPSA) is 87.7 Å². The zero-order valence-electron chi connectivity index (χ0n) is 14.9. The molecular weight excluding hydrogens is 366 g/mol. The van der Waals surface area contributed by atoms with E-state index < -0.39 is 10.0 Å². The molecule has 0 spiro atoms. The minimum Gasteiger partial charge on any atom is -0.379 e. The average molecular weight is 389 g/mol. The van der Waals surface area contributed by atoms with Crippen LogP contribution in [0.2, 0.25) is 0 Å². The molecule has 1 aliphatic rings.